The molecule has 0 amide bonds. The molecule has 0 aromatic carbocycles. The smallest absolute Gasteiger partial charge is 0.258 e. The van der Waals surface area contributed by atoms with Gasteiger partial charge in [0.2, 0.25) is 0 Å². The van der Waals surface area contributed by atoms with Gasteiger partial charge in [-0.15, -0.1) is 10.2 Å². The highest BCUT2D eigenvalue weighted by atomic mass is 32.2. The van der Waals surface area contributed by atoms with Crippen LogP contribution in [-0.4, -0.2) is 33.2 Å². The van der Waals surface area contributed by atoms with Crippen LogP contribution in [0.1, 0.15) is 18.8 Å². The Morgan fingerprint density at radius 2 is 2.15 bits per heavy atom. The van der Waals surface area contributed by atoms with Gasteiger partial charge in [-0.3, -0.25) is 9.50 Å². The molecule has 3 aromatic heterocycles. The maximum Gasteiger partial charge on any atom is 0.258 e. The maximum absolute atomic E-state index is 12.1. The van der Waals surface area contributed by atoms with Crippen LogP contribution in [0.2, 0.25) is 0 Å². The van der Waals surface area contributed by atoms with Gasteiger partial charge in [-0.25, -0.2) is 8.42 Å². The average Bonchev–Trinajstić information content (AvgIpc) is 3.08. The van der Waals surface area contributed by atoms with Crippen molar-refractivity contribution in [1.29, 1.82) is 0 Å². The zero-order valence-corrected chi connectivity index (χ0v) is 11.4. The third-order valence-electron chi connectivity index (χ3n) is 2.82. The van der Waals surface area contributed by atoms with Gasteiger partial charge in [-0.2, -0.15) is 9.82 Å². The van der Waals surface area contributed by atoms with Crippen LogP contribution in [0.4, 0.5) is 0 Å². The van der Waals surface area contributed by atoms with Crippen molar-refractivity contribution in [2.75, 3.05) is 0 Å². The van der Waals surface area contributed by atoms with Crippen LogP contribution in [0.3, 0.4) is 0 Å². The summed E-state index contributed by atoms with van der Waals surface area (Å²) in [4.78, 5) is 0. The van der Waals surface area contributed by atoms with E-state index in [1.807, 2.05) is 12.1 Å². The summed E-state index contributed by atoms with van der Waals surface area (Å²) in [5, 5.41) is 14.1. The first-order chi connectivity index (χ1) is 9.58. The first-order valence-corrected chi connectivity index (χ1v) is 7.37. The molecular weight excluding hydrogens is 280 g/mol. The van der Waals surface area contributed by atoms with Gasteiger partial charge in [0.15, 0.2) is 16.5 Å². The number of fused-ring (bicyclic) bond motifs is 1. The Labute approximate surface area is 114 Å². The number of pyridine rings is 1. The molecule has 3 aromatic rings. The molecule has 0 aliphatic carbocycles. The van der Waals surface area contributed by atoms with Crippen molar-refractivity contribution >= 4 is 15.7 Å². The molecule has 2 N–H and O–H groups in total. The number of aromatic nitrogens is 5. The first kappa shape index (κ1) is 12.8. The van der Waals surface area contributed by atoms with Crippen LogP contribution in [0.15, 0.2) is 41.7 Å². The number of hydrogen-bond acceptors (Lipinski definition) is 5. The molecule has 0 saturated carbocycles. The predicted octanol–water partition coefficient (Wildman–Crippen LogP) is 0.492. The van der Waals surface area contributed by atoms with Gasteiger partial charge in [0.1, 0.15) is 0 Å². The number of nitrogens with zero attached hydrogens (tertiary/aromatic N) is 4. The van der Waals surface area contributed by atoms with Crippen LogP contribution >= 0.6 is 0 Å². The van der Waals surface area contributed by atoms with E-state index in [-0.39, 0.29) is 5.03 Å². The normalized spacial score (nSPS) is 13.7. The van der Waals surface area contributed by atoms with Gasteiger partial charge in [-0.1, -0.05) is 6.07 Å². The second-order valence-corrected chi connectivity index (χ2v) is 5.93. The summed E-state index contributed by atoms with van der Waals surface area (Å²) in [5.41, 5.74) is 0.662. The fourth-order valence-electron chi connectivity index (χ4n) is 1.90. The molecule has 1 unspecified atom stereocenters. The molecule has 20 heavy (non-hydrogen) atoms. The molecule has 0 saturated heterocycles. The van der Waals surface area contributed by atoms with E-state index in [4.69, 9.17) is 0 Å². The summed E-state index contributed by atoms with van der Waals surface area (Å²) in [6.45, 7) is 1.71. The summed E-state index contributed by atoms with van der Waals surface area (Å²) in [6, 6.07) is 6.33. The van der Waals surface area contributed by atoms with E-state index < -0.39 is 16.1 Å². The van der Waals surface area contributed by atoms with Gasteiger partial charge in [0, 0.05) is 6.20 Å². The van der Waals surface area contributed by atoms with E-state index in [1.165, 1.54) is 12.3 Å². The molecule has 3 heterocycles. The molecule has 0 bridgehead atoms. The standard InChI is InChI=1S/C11H12N6O2S/c1-8(16-20(18,19)10-5-6-12-14-10)11-15-13-9-4-2-3-7-17(9)11/h2-8,16H,1H3,(H,12,14). The molecule has 0 aliphatic rings. The molecule has 3 rings (SSSR count). The molecule has 104 valence electrons. The third-order valence-corrected chi connectivity index (χ3v) is 4.29. The lowest BCUT2D eigenvalue weighted by Gasteiger charge is -2.11. The molecule has 1 atom stereocenters. The number of rotatable bonds is 4. The van der Waals surface area contributed by atoms with Gasteiger partial charge in [0.25, 0.3) is 10.0 Å². The molecule has 9 heteroatoms. The SMILES string of the molecule is CC(NS(=O)(=O)c1ccn[nH]1)c1nnc2ccccn12. The minimum atomic E-state index is -3.66. The highest BCUT2D eigenvalue weighted by molar-refractivity contribution is 7.89. The van der Waals surface area contributed by atoms with Crippen molar-refractivity contribution in [3.63, 3.8) is 0 Å². The topological polar surface area (TPSA) is 105 Å². The molecular formula is C11H12N6O2S. The van der Waals surface area contributed by atoms with Crippen molar-refractivity contribution in [3.05, 3.63) is 42.5 Å². The molecule has 0 spiro atoms. The first-order valence-electron chi connectivity index (χ1n) is 5.89. The Bertz CT molecular complexity index is 824. The summed E-state index contributed by atoms with van der Waals surface area (Å²) < 4.78 is 28.5. The minimum Gasteiger partial charge on any atom is -0.285 e. The van der Waals surface area contributed by atoms with Gasteiger partial charge < -0.3 is 0 Å². The van der Waals surface area contributed by atoms with Gasteiger partial charge >= 0.3 is 0 Å². The number of sulfonamides is 1. The van der Waals surface area contributed by atoms with E-state index in [0.29, 0.717) is 11.5 Å². The summed E-state index contributed by atoms with van der Waals surface area (Å²) in [5.74, 6) is 0.517. The lowest BCUT2D eigenvalue weighted by molar-refractivity contribution is 0.554. The van der Waals surface area contributed by atoms with Gasteiger partial charge in [-0.05, 0) is 25.1 Å². The molecule has 0 radical (unpaired) electrons. The highest BCUT2D eigenvalue weighted by Crippen LogP contribution is 2.15. The molecule has 0 fully saturated rings. The van der Waals surface area contributed by atoms with Crippen LogP contribution in [-0.2, 0) is 10.0 Å². The van der Waals surface area contributed by atoms with E-state index >= 15 is 0 Å². The van der Waals surface area contributed by atoms with Gasteiger partial charge in [0.05, 0.1) is 12.2 Å². The second-order valence-electron chi connectivity index (χ2n) is 4.25. The Kier molecular flexibility index (Phi) is 2.99. The minimum absolute atomic E-state index is 0.0122. The van der Waals surface area contributed by atoms with E-state index in [1.54, 1.807) is 23.6 Å². The Morgan fingerprint density at radius 3 is 2.90 bits per heavy atom. The summed E-state index contributed by atoms with van der Waals surface area (Å²) in [7, 11) is -3.66. The van der Waals surface area contributed by atoms with E-state index in [2.05, 4.69) is 25.1 Å². The maximum atomic E-state index is 12.1. The fraction of sp³-hybridized carbons (Fsp3) is 0.182. The van der Waals surface area contributed by atoms with Crippen LogP contribution in [0.5, 0.6) is 0 Å². The summed E-state index contributed by atoms with van der Waals surface area (Å²) in [6.07, 6.45) is 3.16. The largest absolute Gasteiger partial charge is 0.285 e. The zero-order valence-electron chi connectivity index (χ0n) is 10.6. The zero-order chi connectivity index (χ0) is 14.2. The van der Waals surface area contributed by atoms with Crippen molar-refractivity contribution in [2.45, 2.75) is 18.0 Å². The monoisotopic (exact) mass is 292 g/mol. The second kappa shape index (κ2) is 4.69. The number of aromatic amines is 1. The van der Waals surface area contributed by atoms with E-state index in [9.17, 15) is 8.42 Å². The lowest BCUT2D eigenvalue weighted by atomic mass is 10.3. The number of hydrogen-bond donors (Lipinski definition) is 2. The Morgan fingerprint density at radius 1 is 1.30 bits per heavy atom. The van der Waals surface area contributed by atoms with Crippen molar-refractivity contribution in [3.8, 4) is 0 Å². The fourth-order valence-corrected chi connectivity index (χ4v) is 3.01. The number of H-pyrrole nitrogens is 1. The third kappa shape index (κ3) is 2.17. The van der Waals surface area contributed by atoms with Crippen molar-refractivity contribution in [1.82, 2.24) is 29.5 Å². The highest BCUT2D eigenvalue weighted by Gasteiger charge is 2.22. The predicted molar refractivity (Wildman–Crippen MR) is 70.3 cm³/mol. The lowest BCUT2D eigenvalue weighted by Crippen LogP contribution is -2.28. The van der Waals surface area contributed by atoms with Crippen LogP contribution in [0.25, 0.3) is 5.65 Å². The van der Waals surface area contributed by atoms with Crippen LogP contribution in [0, 0.1) is 0 Å². The van der Waals surface area contributed by atoms with Crippen molar-refractivity contribution < 1.29 is 8.42 Å². The molecule has 8 nitrogen and oxygen atoms in total. The number of nitrogens with one attached hydrogen (secondary N) is 2. The average molecular weight is 292 g/mol. The summed E-state index contributed by atoms with van der Waals surface area (Å²) >= 11 is 0. The van der Waals surface area contributed by atoms with Crippen LogP contribution < -0.4 is 4.72 Å². The van der Waals surface area contributed by atoms with E-state index in [0.717, 1.165) is 0 Å². The Balaban J connectivity index is 1.92. The quantitative estimate of drug-likeness (QED) is 0.728. The molecule has 0 aliphatic heterocycles. The Hall–Kier alpha value is -2.26. The van der Waals surface area contributed by atoms with Crippen molar-refractivity contribution in [2.24, 2.45) is 0 Å².